The van der Waals surface area contributed by atoms with Crippen LogP contribution in [0.25, 0.3) is 5.76 Å². The van der Waals surface area contributed by atoms with Crippen molar-refractivity contribution in [2.24, 2.45) is 0 Å². The van der Waals surface area contributed by atoms with E-state index in [1.165, 1.54) is 26.2 Å². The normalized spacial score (nSPS) is 16.9. The van der Waals surface area contributed by atoms with E-state index in [9.17, 15) is 14.7 Å². The van der Waals surface area contributed by atoms with Crippen LogP contribution in [0.15, 0.2) is 66.2 Å². The predicted molar refractivity (Wildman–Crippen MR) is 134 cm³/mol. The Kier molecular flexibility index (Phi) is 6.71. The van der Waals surface area contributed by atoms with Crippen LogP contribution < -0.4 is 19.1 Å². The van der Waals surface area contributed by atoms with E-state index in [2.05, 4.69) is 0 Å². The van der Waals surface area contributed by atoms with Gasteiger partial charge in [0.1, 0.15) is 23.0 Å². The van der Waals surface area contributed by atoms with Crippen molar-refractivity contribution in [3.05, 3.63) is 87.9 Å². The number of ether oxygens (including phenoxy) is 3. The maximum Gasteiger partial charge on any atom is 0.300 e. The van der Waals surface area contributed by atoms with E-state index in [4.69, 9.17) is 25.8 Å². The van der Waals surface area contributed by atoms with Crippen LogP contribution in [0.1, 0.15) is 22.7 Å². The number of halogens is 1. The second-order valence-electron chi connectivity index (χ2n) is 7.91. The fourth-order valence-corrected chi connectivity index (χ4v) is 4.49. The van der Waals surface area contributed by atoms with Crippen LogP contribution in [-0.2, 0) is 9.59 Å². The molecule has 35 heavy (non-hydrogen) atoms. The van der Waals surface area contributed by atoms with Gasteiger partial charge in [0.15, 0.2) is 0 Å². The van der Waals surface area contributed by atoms with Crippen LogP contribution in [0.4, 0.5) is 5.69 Å². The molecule has 1 atom stereocenters. The van der Waals surface area contributed by atoms with Gasteiger partial charge in [0, 0.05) is 5.69 Å². The summed E-state index contributed by atoms with van der Waals surface area (Å²) in [7, 11) is 4.43. The smallest absolute Gasteiger partial charge is 0.300 e. The van der Waals surface area contributed by atoms with E-state index >= 15 is 0 Å². The van der Waals surface area contributed by atoms with Gasteiger partial charge in [-0.1, -0.05) is 35.9 Å². The number of benzene rings is 3. The monoisotopic (exact) mass is 493 g/mol. The van der Waals surface area contributed by atoms with E-state index in [0.717, 1.165) is 5.56 Å². The standard InChI is InChI=1S/C27H24ClNO6/c1-15-7-5-6-8-18(15)24-23(25(30)19-14-17(33-2)10-12-21(19)34-3)26(31)27(32)29(24)16-9-11-22(35-4)20(28)13-16/h5-14,24,30H,1-4H3/b25-23+. The van der Waals surface area contributed by atoms with Gasteiger partial charge in [0.25, 0.3) is 11.7 Å². The van der Waals surface area contributed by atoms with Gasteiger partial charge < -0.3 is 19.3 Å². The third kappa shape index (κ3) is 4.19. The first-order valence-electron chi connectivity index (χ1n) is 10.7. The molecule has 1 unspecified atom stereocenters. The van der Waals surface area contributed by atoms with Gasteiger partial charge in [0.05, 0.1) is 43.5 Å². The van der Waals surface area contributed by atoms with Gasteiger partial charge in [-0.05, 0) is 54.4 Å². The fourth-order valence-electron chi connectivity index (χ4n) is 4.24. The largest absolute Gasteiger partial charge is 0.507 e. The Morgan fingerprint density at radius 3 is 2.23 bits per heavy atom. The summed E-state index contributed by atoms with van der Waals surface area (Å²) in [6, 6.07) is 16.1. The molecule has 1 heterocycles. The molecule has 1 aliphatic heterocycles. The number of aliphatic hydroxyl groups is 1. The zero-order valence-corrected chi connectivity index (χ0v) is 20.4. The van der Waals surface area contributed by atoms with Gasteiger partial charge in [-0.15, -0.1) is 0 Å². The number of nitrogens with zero attached hydrogens (tertiary/aromatic N) is 1. The molecule has 0 saturated carbocycles. The molecule has 0 bridgehead atoms. The van der Waals surface area contributed by atoms with Crippen molar-refractivity contribution < 1.29 is 28.9 Å². The lowest BCUT2D eigenvalue weighted by Crippen LogP contribution is -2.29. The van der Waals surface area contributed by atoms with Crippen molar-refractivity contribution in [2.45, 2.75) is 13.0 Å². The first-order chi connectivity index (χ1) is 16.8. The molecule has 1 N–H and O–H groups in total. The van der Waals surface area contributed by atoms with E-state index in [1.54, 1.807) is 36.4 Å². The van der Waals surface area contributed by atoms with Gasteiger partial charge >= 0.3 is 0 Å². The second kappa shape index (κ2) is 9.72. The zero-order valence-electron chi connectivity index (χ0n) is 19.7. The Labute approximate surface area is 208 Å². The van der Waals surface area contributed by atoms with E-state index in [1.807, 2.05) is 31.2 Å². The molecule has 3 aromatic rings. The van der Waals surface area contributed by atoms with Gasteiger partial charge in [-0.2, -0.15) is 0 Å². The molecule has 8 heteroatoms. The number of anilines is 1. The predicted octanol–water partition coefficient (Wildman–Crippen LogP) is 5.30. The number of rotatable bonds is 6. The number of aryl methyl sites for hydroxylation is 1. The minimum absolute atomic E-state index is 0.0669. The maximum absolute atomic E-state index is 13.4. The van der Waals surface area contributed by atoms with Crippen molar-refractivity contribution in [1.82, 2.24) is 0 Å². The molecule has 4 rings (SSSR count). The summed E-state index contributed by atoms with van der Waals surface area (Å²) in [5.41, 5.74) is 2.08. The highest BCUT2D eigenvalue weighted by molar-refractivity contribution is 6.52. The lowest BCUT2D eigenvalue weighted by molar-refractivity contribution is -0.132. The minimum Gasteiger partial charge on any atom is -0.507 e. The van der Waals surface area contributed by atoms with Crippen LogP contribution in [0.3, 0.4) is 0 Å². The summed E-state index contributed by atoms with van der Waals surface area (Å²) in [4.78, 5) is 28.2. The first kappa shape index (κ1) is 24.2. The highest BCUT2D eigenvalue weighted by atomic mass is 35.5. The summed E-state index contributed by atoms with van der Waals surface area (Å²) in [5.74, 6) is -0.771. The molecule has 1 fully saturated rings. The van der Waals surface area contributed by atoms with Gasteiger partial charge in [-0.3, -0.25) is 14.5 Å². The number of hydrogen-bond acceptors (Lipinski definition) is 6. The Balaban J connectivity index is 2.00. The summed E-state index contributed by atoms with van der Waals surface area (Å²) >= 11 is 6.35. The SMILES string of the molecule is COc1ccc(OC)c(/C(O)=C2\C(=O)C(=O)N(c3ccc(OC)c(Cl)c3)C2c2ccccc2C)c1. The number of Topliss-reactive ketones (excluding diaryl/α,β-unsaturated/α-hetero) is 1. The molecule has 3 aromatic carbocycles. The topological polar surface area (TPSA) is 85.3 Å². The molecule has 180 valence electrons. The van der Waals surface area contributed by atoms with Crippen molar-refractivity contribution in [3.63, 3.8) is 0 Å². The number of carbonyl (C=O) groups excluding carboxylic acids is 2. The van der Waals surface area contributed by atoms with E-state index in [-0.39, 0.29) is 21.9 Å². The van der Waals surface area contributed by atoms with Crippen molar-refractivity contribution >= 4 is 34.7 Å². The summed E-state index contributed by atoms with van der Waals surface area (Å²) < 4.78 is 15.9. The lowest BCUT2D eigenvalue weighted by Gasteiger charge is -2.27. The van der Waals surface area contributed by atoms with Crippen LogP contribution in [-0.4, -0.2) is 38.1 Å². The highest BCUT2D eigenvalue weighted by Crippen LogP contribution is 2.45. The number of carbonyl (C=O) groups is 2. The fraction of sp³-hybridized carbons (Fsp3) is 0.185. The van der Waals surface area contributed by atoms with Gasteiger partial charge in [0.2, 0.25) is 0 Å². The minimum atomic E-state index is -0.906. The number of aliphatic hydroxyl groups excluding tert-OH is 1. The highest BCUT2D eigenvalue weighted by Gasteiger charge is 2.47. The molecule has 1 aliphatic rings. The third-order valence-corrected chi connectivity index (χ3v) is 6.30. The second-order valence-corrected chi connectivity index (χ2v) is 8.32. The molecule has 0 spiro atoms. The van der Waals surface area contributed by atoms with Crippen LogP contribution in [0.5, 0.6) is 17.2 Å². The molecular formula is C27H24ClNO6. The molecular weight excluding hydrogens is 470 g/mol. The van der Waals surface area contributed by atoms with Crippen LogP contribution in [0, 0.1) is 6.92 Å². The van der Waals surface area contributed by atoms with Crippen molar-refractivity contribution in [3.8, 4) is 17.2 Å². The first-order valence-corrected chi connectivity index (χ1v) is 11.1. The Morgan fingerprint density at radius 2 is 1.60 bits per heavy atom. The summed E-state index contributed by atoms with van der Waals surface area (Å²) in [6.45, 7) is 1.88. The van der Waals surface area contributed by atoms with E-state index < -0.39 is 17.7 Å². The number of amides is 1. The summed E-state index contributed by atoms with van der Waals surface area (Å²) in [5, 5.41) is 11.7. The van der Waals surface area contributed by atoms with Gasteiger partial charge in [-0.25, -0.2) is 0 Å². The van der Waals surface area contributed by atoms with Crippen molar-refractivity contribution in [1.29, 1.82) is 0 Å². The Morgan fingerprint density at radius 1 is 0.914 bits per heavy atom. The summed E-state index contributed by atoms with van der Waals surface area (Å²) in [6.07, 6.45) is 0. The van der Waals surface area contributed by atoms with Crippen LogP contribution >= 0.6 is 11.6 Å². The number of ketones is 1. The molecule has 1 amide bonds. The molecule has 7 nitrogen and oxygen atoms in total. The van der Waals surface area contributed by atoms with E-state index in [0.29, 0.717) is 28.5 Å². The van der Waals surface area contributed by atoms with Crippen LogP contribution in [0.2, 0.25) is 5.02 Å². The number of hydrogen-bond donors (Lipinski definition) is 1. The zero-order chi connectivity index (χ0) is 25.3. The average molecular weight is 494 g/mol. The number of methoxy groups -OCH3 is 3. The molecule has 0 aliphatic carbocycles. The Bertz CT molecular complexity index is 1350. The van der Waals surface area contributed by atoms with Crippen molar-refractivity contribution in [2.75, 3.05) is 26.2 Å². The molecule has 0 aromatic heterocycles. The maximum atomic E-state index is 13.4. The molecule has 1 saturated heterocycles. The quantitative estimate of drug-likeness (QED) is 0.285. The Hall–Kier alpha value is -3.97. The third-order valence-electron chi connectivity index (χ3n) is 6.00. The lowest BCUT2D eigenvalue weighted by atomic mass is 9.92. The average Bonchev–Trinajstić information content (AvgIpc) is 3.13. The molecule has 0 radical (unpaired) electrons.